The average Bonchev–Trinajstić information content (AvgIpc) is 3.55. The van der Waals surface area contributed by atoms with E-state index in [0.29, 0.717) is 25.7 Å². The van der Waals surface area contributed by atoms with Gasteiger partial charge >= 0.3 is 39.5 Å². The molecule has 0 saturated heterocycles. The second-order valence-electron chi connectivity index (χ2n) is 25.2. The van der Waals surface area contributed by atoms with Crippen molar-refractivity contribution in [1.29, 1.82) is 0 Å². The molecule has 0 aliphatic heterocycles. The van der Waals surface area contributed by atoms with Gasteiger partial charge in [0.05, 0.1) is 26.4 Å². The van der Waals surface area contributed by atoms with E-state index in [1.54, 1.807) is 0 Å². The number of carbonyl (C=O) groups is 4. The molecule has 19 heteroatoms. The number of phosphoric ester groups is 2. The minimum absolute atomic E-state index is 0.104. The number of carbonyl (C=O) groups excluding carboxylic acids is 4. The van der Waals surface area contributed by atoms with Crippen LogP contribution in [0.4, 0.5) is 0 Å². The van der Waals surface area contributed by atoms with Crippen LogP contribution < -0.4 is 0 Å². The van der Waals surface area contributed by atoms with Crippen molar-refractivity contribution in [3.05, 3.63) is 0 Å². The molecule has 0 spiro atoms. The van der Waals surface area contributed by atoms with Gasteiger partial charge in [-0.3, -0.25) is 37.3 Å². The van der Waals surface area contributed by atoms with E-state index in [2.05, 4.69) is 41.5 Å². The number of esters is 4. The second-order valence-corrected chi connectivity index (χ2v) is 28.1. The first-order valence-corrected chi connectivity index (χ1v) is 38.0. The summed E-state index contributed by atoms with van der Waals surface area (Å²) in [6, 6.07) is 0. The molecule has 0 radical (unpaired) electrons. The maximum absolute atomic E-state index is 13.0. The number of ether oxygens (including phenoxy) is 4. The minimum Gasteiger partial charge on any atom is -0.462 e. The molecule has 0 aromatic carbocycles. The van der Waals surface area contributed by atoms with E-state index in [1.165, 1.54) is 141 Å². The zero-order chi connectivity index (χ0) is 63.6. The molecule has 0 aromatic rings. The molecular weight excluding hydrogens is 1140 g/mol. The van der Waals surface area contributed by atoms with Crippen molar-refractivity contribution in [2.24, 2.45) is 11.8 Å². The molecule has 0 heterocycles. The molecule has 0 rings (SSSR count). The minimum atomic E-state index is -4.95. The van der Waals surface area contributed by atoms with Gasteiger partial charge in [0.1, 0.15) is 19.3 Å². The third-order valence-corrected chi connectivity index (χ3v) is 17.4. The Balaban J connectivity index is 5.12. The third-order valence-electron chi connectivity index (χ3n) is 15.5. The molecule has 3 N–H and O–H groups in total. The van der Waals surface area contributed by atoms with E-state index in [1.807, 2.05) is 0 Å². The summed E-state index contributed by atoms with van der Waals surface area (Å²) in [6.45, 7) is 9.44. The van der Waals surface area contributed by atoms with Gasteiger partial charge in [-0.15, -0.1) is 0 Å². The zero-order valence-corrected chi connectivity index (χ0v) is 57.4. The number of unbranched alkanes of at least 4 members (excludes halogenated alkanes) is 36. The van der Waals surface area contributed by atoms with Gasteiger partial charge in [0, 0.05) is 25.7 Å². The van der Waals surface area contributed by atoms with Crippen LogP contribution in [-0.2, 0) is 65.4 Å². The van der Waals surface area contributed by atoms with E-state index in [9.17, 15) is 43.2 Å². The standard InChI is InChI=1S/C67H130O17P2/c1-7-9-11-13-14-32-39-45-51-66(71)83-62(55-77-64(69)49-43-35-12-10-8-2)57-81-85(73,74)79-53-61(68)54-80-86(75,76)82-58-63(56-78-65(70)50-44-38-33-28-25-21-23-27-31-37-42-48-60(5)6)84-67(72)52-46-40-34-29-24-20-18-16-15-17-19-22-26-30-36-41-47-59(3)4/h59-63,68H,7-58H2,1-6H3,(H,73,74)(H,75,76)/t61-,62+,63+/m0/s1. The topological polar surface area (TPSA) is 237 Å². The van der Waals surface area contributed by atoms with Crippen LogP contribution in [0.1, 0.15) is 337 Å². The lowest BCUT2D eigenvalue weighted by atomic mass is 10.0. The van der Waals surface area contributed by atoms with Crippen LogP contribution in [0.5, 0.6) is 0 Å². The summed E-state index contributed by atoms with van der Waals surface area (Å²) in [6.07, 6.45) is 43.6. The monoisotopic (exact) mass is 1270 g/mol. The van der Waals surface area contributed by atoms with Crippen molar-refractivity contribution in [3.63, 3.8) is 0 Å². The molecule has 0 bridgehead atoms. The SMILES string of the molecule is CCCCCCCCCCC(=O)O[C@H](COC(=O)CCCCCCC)COP(=O)(O)OC[C@H](O)COP(=O)(O)OC[C@@H](COC(=O)CCCCCCCCCCCCCC(C)C)OC(=O)CCCCCCCCCCCCCCCCCCC(C)C. The van der Waals surface area contributed by atoms with Crippen molar-refractivity contribution in [1.82, 2.24) is 0 Å². The largest absolute Gasteiger partial charge is 0.472 e. The summed E-state index contributed by atoms with van der Waals surface area (Å²) in [4.78, 5) is 72.0. The smallest absolute Gasteiger partial charge is 0.462 e. The van der Waals surface area contributed by atoms with Crippen LogP contribution in [0.25, 0.3) is 0 Å². The predicted octanol–water partition coefficient (Wildman–Crippen LogP) is 18.8. The van der Waals surface area contributed by atoms with Gasteiger partial charge in [-0.25, -0.2) is 9.13 Å². The maximum atomic E-state index is 13.0. The summed E-state index contributed by atoms with van der Waals surface area (Å²) >= 11 is 0. The van der Waals surface area contributed by atoms with Crippen LogP contribution in [0.2, 0.25) is 0 Å². The Morgan fingerprint density at radius 3 is 0.791 bits per heavy atom. The van der Waals surface area contributed by atoms with Crippen LogP contribution in [0.3, 0.4) is 0 Å². The first-order valence-electron chi connectivity index (χ1n) is 35.0. The molecule has 5 atom stereocenters. The highest BCUT2D eigenvalue weighted by Gasteiger charge is 2.30. The Morgan fingerprint density at radius 2 is 0.535 bits per heavy atom. The lowest BCUT2D eigenvalue weighted by molar-refractivity contribution is -0.161. The van der Waals surface area contributed by atoms with Gasteiger partial charge < -0.3 is 33.8 Å². The first-order chi connectivity index (χ1) is 41.4. The maximum Gasteiger partial charge on any atom is 0.472 e. The molecule has 0 aliphatic carbocycles. The molecule has 510 valence electrons. The van der Waals surface area contributed by atoms with Crippen molar-refractivity contribution >= 4 is 39.5 Å². The van der Waals surface area contributed by atoms with E-state index < -0.39 is 97.5 Å². The Hall–Kier alpha value is -1.94. The fourth-order valence-corrected chi connectivity index (χ4v) is 11.6. The van der Waals surface area contributed by atoms with Gasteiger partial charge in [-0.1, -0.05) is 286 Å². The second kappa shape index (κ2) is 59.4. The van der Waals surface area contributed by atoms with Gasteiger partial charge in [-0.2, -0.15) is 0 Å². The van der Waals surface area contributed by atoms with Crippen molar-refractivity contribution < 1.29 is 80.2 Å². The number of hydrogen-bond acceptors (Lipinski definition) is 15. The van der Waals surface area contributed by atoms with Crippen molar-refractivity contribution in [3.8, 4) is 0 Å². The van der Waals surface area contributed by atoms with Crippen LogP contribution in [0, 0.1) is 11.8 Å². The van der Waals surface area contributed by atoms with Gasteiger partial charge in [0.25, 0.3) is 0 Å². The molecule has 2 unspecified atom stereocenters. The highest BCUT2D eigenvalue weighted by atomic mass is 31.2. The molecule has 0 fully saturated rings. The highest BCUT2D eigenvalue weighted by molar-refractivity contribution is 7.47. The number of aliphatic hydroxyl groups excluding tert-OH is 1. The van der Waals surface area contributed by atoms with E-state index in [4.69, 9.17) is 37.0 Å². The van der Waals surface area contributed by atoms with E-state index in [-0.39, 0.29) is 25.7 Å². The third kappa shape index (κ3) is 60.9. The van der Waals surface area contributed by atoms with Gasteiger partial charge in [0.15, 0.2) is 12.2 Å². The molecule has 86 heavy (non-hydrogen) atoms. The number of phosphoric acid groups is 2. The van der Waals surface area contributed by atoms with E-state index in [0.717, 1.165) is 115 Å². The summed E-state index contributed by atoms with van der Waals surface area (Å²) in [5.41, 5.74) is 0. The number of hydrogen-bond donors (Lipinski definition) is 3. The van der Waals surface area contributed by atoms with Crippen molar-refractivity contribution in [2.75, 3.05) is 39.6 Å². The molecular formula is C67H130O17P2. The number of aliphatic hydroxyl groups is 1. The van der Waals surface area contributed by atoms with Gasteiger partial charge in [0.2, 0.25) is 0 Å². The first kappa shape index (κ1) is 84.1. The normalized spacial score (nSPS) is 14.2. The fourth-order valence-electron chi connectivity index (χ4n) is 10.1. The summed E-state index contributed by atoms with van der Waals surface area (Å²) in [5, 5.41) is 10.5. The van der Waals surface area contributed by atoms with Crippen LogP contribution in [-0.4, -0.2) is 96.7 Å². The fraction of sp³-hybridized carbons (Fsp3) is 0.940. The Morgan fingerprint density at radius 1 is 0.314 bits per heavy atom. The van der Waals surface area contributed by atoms with Gasteiger partial charge in [-0.05, 0) is 37.5 Å². The van der Waals surface area contributed by atoms with E-state index >= 15 is 0 Å². The Labute approximate surface area is 524 Å². The summed E-state index contributed by atoms with van der Waals surface area (Å²) in [7, 11) is -9.88. The molecule has 0 saturated carbocycles. The average molecular weight is 1270 g/mol. The molecule has 0 aromatic heterocycles. The lowest BCUT2D eigenvalue weighted by Crippen LogP contribution is -2.30. The Kier molecular flexibility index (Phi) is 58.0. The Bertz CT molecular complexity index is 1680. The van der Waals surface area contributed by atoms with Crippen molar-refractivity contribution in [2.45, 2.75) is 355 Å². The molecule has 17 nitrogen and oxygen atoms in total. The summed E-state index contributed by atoms with van der Waals surface area (Å²) < 4.78 is 67.8. The highest BCUT2D eigenvalue weighted by Crippen LogP contribution is 2.45. The summed E-state index contributed by atoms with van der Waals surface area (Å²) in [5.74, 6) is -0.562. The molecule has 0 aliphatic rings. The van der Waals surface area contributed by atoms with Crippen LogP contribution in [0.15, 0.2) is 0 Å². The lowest BCUT2D eigenvalue weighted by Gasteiger charge is -2.21. The number of rotatable bonds is 66. The molecule has 0 amide bonds. The quantitative estimate of drug-likeness (QED) is 0.0222. The van der Waals surface area contributed by atoms with Crippen LogP contribution >= 0.6 is 15.6 Å². The zero-order valence-electron chi connectivity index (χ0n) is 55.6. The predicted molar refractivity (Wildman–Crippen MR) is 345 cm³/mol.